The normalized spacial score (nSPS) is 20.0. The van der Waals surface area contributed by atoms with Crippen LogP contribution in [0.3, 0.4) is 0 Å². The van der Waals surface area contributed by atoms with E-state index in [0.29, 0.717) is 12.0 Å². The Hall–Kier alpha value is -1.86. The SMILES string of the molecule is c1ccc2sc(C3CCN(Cc4nnnn4C4CC4)CC3)nc2c1. The molecule has 0 bridgehead atoms. The topological polar surface area (TPSA) is 59.7 Å². The summed E-state index contributed by atoms with van der Waals surface area (Å²) in [5, 5.41) is 13.5. The van der Waals surface area contributed by atoms with Crippen molar-refractivity contribution in [1.29, 1.82) is 0 Å². The molecule has 3 heterocycles. The molecule has 2 aromatic heterocycles. The lowest BCUT2D eigenvalue weighted by Gasteiger charge is -2.30. The molecular formula is C17H20N6S. The van der Waals surface area contributed by atoms with Crippen molar-refractivity contribution in [2.75, 3.05) is 13.1 Å². The van der Waals surface area contributed by atoms with E-state index in [9.17, 15) is 0 Å². The second-order valence-corrected chi connectivity index (χ2v) is 7.90. The maximum absolute atomic E-state index is 4.85. The molecule has 0 amide bonds. The van der Waals surface area contributed by atoms with Gasteiger partial charge in [0.25, 0.3) is 0 Å². The smallest absolute Gasteiger partial charge is 0.165 e. The van der Waals surface area contributed by atoms with E-state index in [-0.39, 0.29) is 0 Å². The zero-order valence-electron chi connectivity index (χ0n) is 13.5. The molecular weight excluding hydrogens is 320 g/mol. The fraction of sp³-hybridized carbons (Fsp3) is 0.529. The largest absolute Gasteiger partial charge is 0.296 e. The Bertz CT molecular complexity index is 811. The zero-order chi connectivity index (χ0) is 15.9. The van der Waals surface area contributed by atoms with E-state index in [1.54, 1.807) is 0 Å². The van der Waals surface area contributed by atoms with E-state index in [1.807, 2.05) is 16.0 Å². The van der Waals surface area contributed by atoms with Gasteiger partial charge in [-0.2, -0.15) is 0 Å². The predicted molar refractivity (Wildman–Crippen MR) is 93.0 cm³/mol. The van der Waals surface area contributed by atoms with Crippen LogP contribution < -0.4 is 0 Å². The Morgan fingerprint density at radius 3 is 2.71 bits per heavy atom. The lowest BCUT2D eigenvalue weighted by atomic mass is 9.97. The van der Waals surface area contributed by atoms with Crippen molar-refractivity contribution < 1.29 is 0 Å². The standard InChI is InChI=1S/C17H20N6S/c1-2-4-15-14(3-1)18-17(24-15)12-7-9-22(10-8-12)11-16-19-20-21-23(16)13-5-6-13/h1-4,12-13H,5-11H2. The minimum Gasteiger partial charge on any atom is -0.296 e. The molecule has 0 atom stereocenters. The van der Waals surface area contributed by atoms with Gasteiger partial charge in [0.15, 0.2) is 5.82 Å². The van der Waals surface area contributed by atoms with Crippen LogP contribution >= 0.6 is 11.3 Å². The van der Waals surface area contributed by atoms with Crippen LogP contribution in [-0.2, 0) is 6.54 Å². The molecule has 1 saturated carbocycles. The first-order valence-corrected chi connectivity index (χ1v) is 9.53. The highest BCUT2D eigenvalue weighted by atomic mass is 32.1. The number of benzene rings is 1. The quantitative estimate of drug-likeness (QED) is 0.731. The molecule has 0 N–H and O–H groups in total. The first-order chi connectivity index (χ1) is 11.9. The lowest BCUT2D eigenvalue weighted by molar-refractivity contribution is 0.197. The Labute approximate surface area is 144 Å². The van der Waals surface area contributed by atoms with Crippen molar-refractivity contribution in [2.24, 2.45) is 0 Å². The van der Waals surface area contributed by atoms with Crippen molar-refractivity contribution in [3.05, 3.63) is 35.1 Å². The first kappa shape index (κ1) is 14.5. The number of piperidine rings is 1. The summed E-state index contributed by atoms with van der Waals surface area (Å²) in [7, 11) is 0. The van der Waals surface area contributed by atoms with Crippen molar-refractivity contribution in [2.45, 2.75) is 44.2 Å². The number of tetrazole rings is 1. The number of hydrogen-bond acceptors (Lipinski definition) is 6. The van der Waals surface area contributed by atoms with Crippen molar-refractivity contribution in [3.63, 3.8) is 0 Å². The summed E-state index contributed by atoms with van der Waals surface area (Å²) < 4.78 is 3.33. The van der Waals surface area contributed by atoms with Gasteiger partial charge in [-0.3, -0.25) is 4.90 Å². The van der Waals surface area contributed by atoms with Gasteiger partial charge in [0, 0.05) is 5.92 Å². The van der Waals surface area contributed by atoms with Crippen LogP contribution in [0.4, 0.5) is 0 Å². The molecule has 1 aliphatic carbocycles. The van der Waals surface area contributed by atoms with E-state index in [1.165, 1.54) is 35.4 Å². The molecule has 0 unspecified atom stereocenters. The Balaban J connectivity index is 1.24. The molecule has 24 heavy (non-hydrogen) atoms. The monoisotopic (exact) mass is 340 g/mol. The molecule has 2 fully saturated rings. The molecule has 7 heteroatoms. The third-order valence-electron chi connectivity index (χ3n) is 5.07. The van der Waals surface area contributed by atoms with Crippen LogP contribution in [-0.4, -0.2) is 43.2 Å². The fourth-order valence-corrected chi connectivity index (χ4v) is 4.66. The highest BCUT2D eigenvalue weighted by Gasteiger charge is 2.29. The second-order valence-electron chi connectivity index (χ2n) is 6.84. The molecule has 0 radical (unpaired) electrons. The summed E-state index contributed by atoms with van der Waals surface area (Å²) in [5.41, 5.74) is 1.14. The number of hydrogen-bond donors (Lipinski definition) is 0. The summed E-state index contributed by atoms with van der Waals surface area (Å²) in [6, 6.07) is 9.00. The number of aromatic nitrogens is 5. The lowest BCUT2D eigenvalue weighted by Crippen LogP contribution is -2.33. The minimum absolute atomic E-state index is 0.551. The molecule has 1 saturated heterocycles. The summed E-state index contributed by atoms with van der Waals surface area (Å²) in [5.74, 6) is 1.62. The minimum atomic E-state index is 0.551. The highest BCUT2D eigenvalue weighted by molar-refractivity contribution is 7.18. The van der Waals surface area contributed by atoms with Crippen LogP contribution in [0.5, 0.6) is 0 Å². The van der Waals surface area contributed by atoms with Gasteiger partial charge in [-0.05, 0) is 61.3 Å². The van der Waals surface area contributed by atoms with Crippen LogP contribution in [0, 0.1) is 0 Å². The number of para-hydroxylation sites is 1. The van der Waals surface area contributed by atoms with Crippen LogP contribution in [0.2, 0.25) is 0 Å². The number of nitrogens with zero attached hydrogens (tertiary/aromatic N) is 6. The molecule has 2 aliphatic rings. The molecule has 3 aromatic rings. The van der Waals surface area contributed by atoms with E-state index in [4.69, 9.17) is 4.98 Å². The van der Waals surface area contributed by atoms with Gasteiger partial charge in [-0.25, -0.2) is 9.67 Å². The predicted octanol–water partition coefficient (Wildman–Crippen LogP) is 3.00. The zero-order valence-corrected chi connectivity index (χ0v) is 14.3. The molecule has 5 rings (SSSR count). The van der Waals surface area contributed by atoms with E-state index >= 15 is 0 Å². The van der Waals surface area contributed by atoms with Crippen LogP contribution in [0.25, 0.3) is 10.2 Å². The Kier molecular flexibility index (Phi) is 3.56. The van der Waals surface area contributed by atoms with Gasteiger partial charge >= 0.3 is 0 Å². The summed E-state index contributed by atoms with van der Waals surface area (Å²) in [6.07, 6.45) is 4.78. The third-order valence-corrected chi connectivity index (χ3v) is 6.26. The molecule has 0 spiro atoms. The van der Waals surface area contributed by atoms with Crippen LogP contribution in [0.15, 0.2) is 24.3 Å². The Morgan fingerprint density at radius 2 is 1.92 bits per heavy atom. The van der Waals surface area contributed by atoms with Crippen molar-refractivity contribution in [3.8, 4) is 0 Å². The van der Waals surface area contributed by atoms with Crippen LogP contribution in [0.1, 0.15) is 48.5 Å². The van der Waals surface area contributed by atoms with Gasteiger partial charge in [-0.1, -0.05) is 12.1 Å². The molecule has 1 aliphatic heterocycles. The highest BCUT2D eigenvalue weighted by Crippen LogP contribution is 2.36. The number of fused-ring (bicyclic) bond motifs is 1. The maximum Gasteiger partial charge on any atom is 0.165 e. The van der Waals surface area contributed by atoms with Gasteiger partial charge in [-0.15, -0.1) is 16.4 Å². The summed E-state index contributed by atoms with van der Waals surface area (Å²) in [4.78, 5) is 7.33. The number of rotatable bonds is 4. The molecule has 6 nitrogen and oxygen atoms in total. The van der Waals surface area contributed by atoms with Gasteiger partial charge in [0.05, 0.1) is 27.8 Å². The van der Waals surface area contributed by atoms with E-state index < -0.39 is 0 Å². The average Bonchev–Trinajstić information content (AvgIpc) is 3.19. The number of thiazole rings is 1. The molecule has 1 aromatic carbocycles. The van der Waals surface area contributed by atoms with Gasteiger partial charge in [0.1, 0.15) is 0 Å². The summed E-state index contributed by atoms with van der Waals surface area (Å²) in [6.45, 7) is 3.06. The summed E-state index contributed by atoms with van der Waals surface area (Å²) >= 11 is 1.86. The Morgan fingerprint density at radius 1 is 1.08 bits per heavy atom. The van der Waals surface area contributed by atoms with Crippen molar-refractivity contribution >= 4 is 21.6 Å². The number of likely N-dealkylation sites (tertiary alicyclic amines) is 1. The van der Waals surface area contributed by atoms with Crippen molar-refractivity contribution in [1.82, 2.24) is 30.1 Å². The average molecular weight is 340 g/mol. The van der Waals surface area contributed by atoms with E-state index in [2.05, 4.69) is 44.7 Å². The maximum atomic E-state index is 4.85. The third kappa shape index (κ3) is 2.71. The van der Waals surface area contributed by atoms with Gasteiger partial charge < -0.3 is 0 Å². The van der Waals surface area contributed by atoms with Gasteiger partial charge in [0.2, 0.25) is 0 Å². The first-order valence-electron chi connectivity index (χ1n) is 8.71. The second kappa shape index (κ2) is 5.89. The molecule has 124 valence electrons. The van der Waals surface area contributed by atoms with E-state index in [0.717, 1.165) is 31.0 Å². The fourth-order valence-electron chi connectivity index (χ4n) is 3.52.